The first kappa shape index (κ1) is 22.0. The first-order valence-electron chi connectivity index (χ1n) is 9.84. The van der Waals surface area contributed by atoms with E-state index < -0.39 is 15.9 Å². The van der Waals surface area contributed by atoms with E-state index >= 15 is 0 Å². The zero-order valence-corrected chi connectivity index (χ0v) is 18.5. The number of likely N-dealkylation sites (N-methyl/N-ethyl adjacent to an activating group) is 1. The van der Waals surface area contributed by atoms with Crippen LogP contribution in [0.2, 0.25) is 0 Å². The summed E-state index contributed by atoms with van der Waals surface area (Å²) in [5.74, 6) is -0.364. The van der Waals surface area contributed by atoms with E-state index in [4.69, 9.17) is 0 Å². The summed E-state index contributed by atoms with van der Waals surface area (Å²) in [5.41, 5.74) is 4.34. The highest BCUT2D eigenvalue weighted by molar-refractivity contribution is 7.89. The van der Waals surface area contributed by atoms with Crippen molar-refractivity contribution in [2.45, 2.75) is 38.5 Å². The fourth-order valence-electron chi connectivity index (χ4n) is 3.74. The Balaban J connectivity index is 1.70. The molecule has 0 unspecified atom stereocenters. The number of anilines is 2. The number of rotatable bonds is 6. The number of carbonyl (C=O) groups is 2. The minimum Gasteiger partial charge on any atom is -0.324 e. The van der Waals surface area contributed by atoms with Gasteiger partial charge in [0.25, 0.3) is 0 Å². The fourth-order valence-corrected chi connectivity index (χ4v) is 4.87. The summed E-state index contributed by atoms with van der Waals surface area (Å²) in [6.07, 6.45) is 1.31. The minimum atomic E-state index is -3.84. The number of hydrogen-bond acceptors (Lipinski definition) is 4. The molecule has 2 aromatic rings. The summed E-state index contributed by atoms with van der Waals surface area (Å²) in [5, 5.41) is 2.82. The number of nitrogens with one attached hydrogen (secondary N) is 1. The molecule has 2 aromatic carbocycles. The Kier molecular flexibility index (Phi) is 6.28. The fraction of sp³-hybridized carbons (Fsp3) is 0.364. The third-order valence-electron chi connectivity index (χ3n) is 5.24. The van der Waals surface area contributed by atoms with E-state index in [-0.39, 0.29) is 17.3 Å². The Labute approximate surface area is 177 Å². The summed E-state index contributed by atoms with van der Waals surface area (Å²) in [7, 11) is -2.46. The Hall–Kier alpha value is -2.71. The van der Waals surface area contributed by atoms with Crippen molar-refractivity contribution in [1.82, 2.24) is 4.31 Å². The van der Waals surface area contributed by atoms with Gasteiger partial charge in [0.15, 0.2) is 0 Å². The Morgan fingerprint density at radius 2 is 1.70 bits per heavy atom. The molecule has 2 amide bonds. The van der Waals surface area contributed by atoms with Crippen LogP contribution in [0.4, 0.5) is 11.4 Å². The van der Waals surface area contributed by atoms with Gasteiger partial charge in [-0.3, -0.25) is 9.59 Å². The maximum Gasteiger partial charge on any atom is 0.243 e. The van der Waals surface area contributed by atoms with Gasteiger partial charge in [-0.05, 0) is 62.6 Å². The van der Waals surface area contributed by atoms with Crippen LogP contribution in [0.25, 0.3) is 0 Å². The molecular weight excluding hydrogens is 402 g/mol. The molecule has 0 atom stereocenters. The number of carbonyl (C=O) groups excluding carboxylic acids is 2. The summed E-state index contributed by atoms with van der Waals surface area (Å²) in [6.45, 7) is 6.13. The maximum absolute atomic E-state index is 12.9. The number of sulfonamides is 1. The van der Waals surface area contributed by atoms with Gasteiger partial charge >= 0.3 is 0 Å². The van der Waals surface area contributed by atoms with Crippen molar-refractivity contribution >= 4 is 33.2 Å². The molecule has 3 rings (SSSR count). The normalized spacial score (nSPS) is 14.4. The first-order chi connectivity index (χ1) is 14.1. The lowest BCUT2D eigenvalue weighted by molar-refractivity contribution is -0.117. The highest BCUT2D eigenvalue weighted by Crippen LogP contribution is 2.25. The first-order valence-corrected chi connectivity index (χ1v) is 11.3. The lowest BCUT2D eigenvalue weighted by Gasteiger charge is -2.19. The van der Waals surface area contributed by atoms with Crippen LogP contribution in [-0.4, -0.2) is 44.7 Å². The standard InChI is InChI=1S/C22H27N3O4S/c1-15-12-16(2)22(17(3)13-15)23-20(26)14-24(4)30(28,29)19-9-7-18(8-10-19)25-11-5-6-21(25)27/h7-10,12-13H,5-6,11,14H2,1-4H3,(H,23,26). The number of benzene rings is 2. The van der Waals surface area contributed by atoms with Crippen molar-refractivity contribution in [1.29, 1.82) is 0 Å². The molecule has 7 nitrogen and oxygen atoms in total. The van der Waals surface area contributed by atoms with E-state index in [0.717, 1.165) is 27.4 Å². The molecule has 30 heavy (non-hydrogen) atoms. The van der Waals surface area contributed by atoms with Crippen molar-refractivity contribution in [3.05, 3.63) is 53.1 Å². The topological polar surface area (TPSA) is 86.8 Å². The van der Waals surface area contributed by atoms with Gasteiger partial charge in [0.2, 0.25) is 21.8 Å². The van der Waals surface area contributed by atoms with Crippen LogP contribution in [0, 0.1) is 20.8 Å². The lowest BCUT2D eigenvalue weighted by Crippen LogP contribution is -2.35. The van der Waals surface area contributed by atoms with Gasteiger partial charge in [0.05, 0.1) is 11.4 Å². The third kappa shape index (κ3) is 4.55. The molecule has 1 aliphatic heterocycles. The van der Waals surface area contributed by atoms with Crippen molar-refractivity contribution in [2.24, 2.45) is 0 Å². The van der Waals surface area contributed by atoms with Gasteiger partial charge in [-0.15, -0.1) is 0 Å². The second-order valence-corrected chi connectivity index (χ2v) is 9.77. The zero-order valence-electron chi connectivity index (χ0n) is 17.7. The van der Waals surface area contributed by atoms with Crippen LogP contribution in [0.15, 0.2) is 41.3 Å². The number of nitrogens with zero attached hydrogens (tertiary/aromatic N) is 2. The summed E-state index contributed by atoms with van der Waals surface area (Å²) < 4.78 is 26.7. The number of hydrogen-bond donors (Lipinski definition) is 1. The Morgan fingerprint density at radius 1 is 1.10 bits per heavy atom. The highest BCUT2D eigenvalue weighted by Gasteiger charge is 2.25. The average molecular weight is 430 g/mol. The Bertz CT molecular complexity index is 1060. The SMILES string of the molecule is Cc1cc(C)c(NC(=O)CN(C)S(=O)(=O)c2ccc(N3CCCC3=O)cc2)c(C)c1. The third-order valence-corrected chi connectivity index (χ3v) is 7.06. The molecule has 160 valence electrons. The van der Waals surface area contributed by atoms with Crippen LogP contribution in [-0.2, 0) is 19.6 Å². The van der Waals surface area contributed by atoms with Gasteiger partial charge in [0, 0.05) is 31.4 Å². The van der Waals surface area contributed by atoms with Crippen LogP contribution in [0.3, 0.4) is 0 Å². The number of aryl methyl sites for hydroxylation is 3. The second-order valence-electron chi connectivity index (χ2n) is 7.73. The molecule has 1 fully saturated rings. The van der Waals surface area contributed by atoms with E-state index in [2.05, 4.69) is 5.32 Å². The molecule has 8 heteroatoms. The van der Waals surface area contributed by atoms with Crippen LogP contribution < -0.4 is 10.2 Å². The predicted molar refractivity (Wildman–Crippen MR) is 117 cm³/mol. The van der Waals surface area contributed by atoms with Crippen molar-refractivity contribution < 1.29 is 18.0 Å². The van der Waals surface area contributed by atoms with Gasteiger partial charge in [0.1, 0.15) is 0 Å². The molecule has 1 saturated heterocycles. The maximum atomic E-state index is 12.9. The van der Waals surface area contributed by atoms with E-state index in [1.165, 1.54) is 19.2 Å². The Morgan fingerprint density at radius 3 is 2.23 bits per heavy atom. The second kappa shape index (κ2) is 8.57. The summed E-state index contributed by atoms with van der Waals surface area (Å²) >= 11 is 0. The quantitative estimate of drug-likeness (QED) is 0.765. The molecule has 0 aliphatic carbocycles. The van der Waals surface area contributed by atoms with E-state index in [1.807, 2.05) is 32.9 Å². The van der Waals surface area contributed by atoms with Gasteiger partial charge in [-0.1, -0.05) is 17.7 Å². The van der Waals surface area contributed by atoms with Crippen LogP contribution in [0.1, 0.15) is 29.5 Å². The van der Waals surface area contributed by atoms with Crippen LogP contribution in [0.5, 0.6) is 0 Å². The minimum absolute atomic E-state index is 0.0427. The van der Waals surface area contributed by atoms with E-state index in [9.17, 15) is 18.0 Å². The van der Waals surface area contributed by atoms with Gasteiger partial charge < -0.3 is 10.2 Å². The largest absolute Gasteiger partial charge is 0.324 e. The molecule has 0 spiro atoms. The molecule has 1 aliphatic rings. The van der Waals surface area contributed by atoms with E-state index in [1.54, 1.807) is 17.0 Å². The molecule has 0 bridgehead atoms. The van der Waals surface area contributed by atoms with Crippen molar-refractivity contribution in [2.75, 3.05) is 30.4 Å². The zero-order chi connectivity index (χ0) is 22.1. The van der Waals surface area contributed by atoms with Crippen LogP contribution >= 0.6 is 0 Å². The number of amides is 2. The smallest absolute Gasteiger partial charge is 0.243 e. The molecule has 1 heterocycles. The monoisotopic (exact) mass is 429 g/mol. The predicted octanol–water partition coefficient (Wildman–Crippen LogP) is 3.00. The van der Waals surface area contributed by atoms with Gasteiger partial charge in [-0.2, -0.15) is 4.31 Å². The van der Waals surface area contributed by atoms with Crippen molar-refractivity contribution in [3.63, 3.8) is 0 Å². The molecule has 1 N–H and O–H groups in total. The molecule has 0 saturated carbocycles. The molecule has 0 radical (unpaired) electrons. The lowest BCUT2D eigenvalue weighted by atomic mass is 10.1. The van der Waals surface area contributed by atoms with E-state index in [0.29, 0.717) is 24.3 Å². The van der Waals surface area contributed by atoms with Crippen molar-refractivity contribution in [3.8, 4) is 0 Å². The highest BCUT2D eigenvalue weighted by atomic mass is 32.2. The summed E-state index contributed by atoms with van der Waals surface area (Å²) in [6, 6.07) is 10.1. The molecular formula is C22H27N3O4S. The summed E-state index contributed by atoms with van der Waals surface area (Å²) in [4.78, 5) is 26.1. The molecule has 0 aromatic heterocycles. The average Bonchev–Trinajstić information content (AvgIpc) is 3.10. The van der Waals surface area contributed by atoms with Gasteiger partial charge in [-0.25, -0.2) is 8.42 Å².